The molecule has 4 N–H and O–H groups in total. The zero-order valence-corrected chi connectivity index (χ0v) is 10.4. The van der Waals surface area contributed by atoms with E-state index >= 15 is 0 Å². The molecule has 0 radical (unpaired) electrons. The summed E-state index contributed by atoms with van der Waals surface area (Å²) in [6.45, 7) is 1.72. The maximum atomic E-state index is 11.1. The average Bonchev–Trinajstić information content (AvgIpc) is 2.29. The van der Waals surface area contributed by atoms with Crippen LogP contribution in [0.1, 0.15) is 12.5 Å². The number of thiocarbonyl (C=S) groups is 1. The van der Waals surface area contributed by atoms with Crippen molar-refractivity contribution in [3.63, 3.8) is 0 Å². The first-order chi connectivity index (χ1) is 8.00. The fourth-order valence-corrected chi connectivity index (χ4v) is 1.50. The SMILES string of the molecule is C[C@H](N)C(=S)N[C@@H](Cc1ccccc1)C(=O)O. The van der Waals surface area contributed by atoms with E-state index < -0.39 is 12.0 Å². The molecular weight excluding hydrogens is 236 g/mol. The van der Waals surface area contributed by atoms with Gasteiger partial charge in [-0.2, -0.15) is 0 Å². The maximum absolute atomic E-state index is 11.1. The van der Waals surface area contributed by atoms with E-state index in [-0.39, 0.29) is 6.04 Å². The molecule has 0 saturated carbocycles. The van der Waals surface area contributed by atoms with Crippen LogP contribution in [0, 0.1) is 0 Å². The normalized spacial score (nSPS) is 13.8. The van der Waals surface area contributed by atoms with Crippen LogP contribution in [0.25, 0.3) is 0 Å². The van der Waals surface area contributed by atoms with Crippen LogP contribution in [0.2, 0.25) is 0 Å². The van der Waals surface area contributed by atoms with Crippen LogP contribution in [0.5, 0.6) is 0 Å². The van der Waals surface area contributed by atoms with Crippen LogP contribution < -0.4 is 11.1 Å². The smallest absolute Gasteiger partial charge is 0.326 e. The van der Waals surface area contributed by atoms with E-state index in [1.54, 1.807) is 6.92 Å². The Hall–Kier alpha value is -1.46. The lowest BCUT2D eigenvalue weighted by Gasteiger charge is -2.18. The molecule has 92 valence electrons. The Morgan fingerprint density at radius 1 is 1.47 bits per heavy atom. The summed E-state index contributed by atoms with van der Waals surface area (Å²) in [5.41, 5.74) is 6.53. The molecule has 0 aliphatic carbocycles. The highest BCUT2D eigenvalue weighted by molar-refractivity contribution is 7.80. The van der Waals surface area contributed by atoms with Crippen molar-refractivity contribution < 1.29 is 9.90 Å². The highest BCUT2D eigenvalue weighted by Crippen LogP contribution is 2.04. The Balaban J connectivity index is 2.68. The number of hydrogen-bond donors (Lipinski definition) is 3. The highest BCUT2D eigenvalue weighted by atomic mass is 32.1. The van der Waals surface area contributed by atoms with Gasteiger partial charge in [0.25, 0.3) is 0 Å². The molecule has 1 aromatic rings. The standard InChI is InChI=1S/C12H16N2O2S/c1-8(13)11(17)14-10(12(15)16)7-9-5-3-2-4-6-9/h2-6,8,10H,7,13H2,1H3,(H,14,17)(H,15,16)/t8-,10-/m0/s1. The predicted molar refractivity (Wildman–Crippen MR) is 71.0 cm³/mol. The number of nitrogens with one attached hydrogen (secondary N) is 1. The summed E-state index contributed by atoms with van der Waals surface area (Å²) in [6.07, 6.45) is 0.378. The summed E-state index contributed by atoms with van der Waals surface area (Å²) >= 11 is 4.99. The molecule has 0 spiro atoms. The lowest BCUT2D eigenvalue weighted by atomic mass is 10.1. The van der Waals surface area contributed by atoms with E-state index in [2.05, 4.69) is 5.32 Å². The molecule has 2 atom stereocenters. The van der Waals surface area contributed by atoms with E-state index in [1.165, 1.54) is 0 Å². The monoisotopic (exact) mass is 252 g/mol. The van der Waals surface area contributed by atoms with Crippen molar-refractivity contribution in [1.29, 1.82) is 0 Å². The summed E-state index contributed by atoms with van der Waals surface area (Å²) < 4.78 is 0. The average molecular weight is 252 g/mol. The van der Waals surface area contributed by atoms with Gasteiger partial charge in [0.05, 0.1) is 11.0 Å². The van der Waals surface area contributed by atoms with Gasteiger partial charge in [-0.25, -0.2) is 4.79 Å². The zero-order chi connectivity index (χ0) is 12.8. The summed E-state index contributed by atoms with van der Waals surface area (Å²) in [5, 5.41) is 11.9. The van der Waals surface area contributed by atoms with Crippen molar-refractivity contribution in [3.05, 3.63) is 35.9 Å². The second-order valence-corrected chi connectivity index (χ2v) is 4.32. The van der Waals surface area contributed by atoms with Crippen LogP contribution in [-0.4, -0.2) is 28.1 Å². The van der Waals surface area contributed by atoms with Crippen molar-refractivity contribution in [1.82, 2.24) is 5.32 Å². The molecule has 0 aliphatic heterocycles. The van der Waals surface area contributed by atoms with Crippen LogP contribution in [-0.2, 0) is 11.2 Å². The number of carboxylic acid groups (broad SMARTS) is 1. The van der Waals surface area contributed by atoms with Crippen molar-refractivity contribution in [2.24, 2.45) is 5.73 Å². The molecule has 4 nitrogen and oxygen atoms in total. The fraction of sp³-hybridized carbons (Fsp3) is 0.333. The fourth-order valence-electron chi connectivity index (χ4n) is 1.35. The van der Waals surface area contributed by atoms with Gasteiger partial charge in [0, 0.05) is 6.42 Å². The zero-order valence-electron chi connectivity index (χ0n) is 9.59. The van der Waals surface area contributed by atoms with Gasteiger partial charge < -0.3 is 16.2 Å². The van der Waals surface area contributed by atoms with Gasteiger partial charge >= 0.3 is 5.97 Å². The van der Waals surface area contributed by atoms with E-state index in [0.717, 1.165) is 5.56 Å². The van der Waals surface area contributed by atoms with Gasteiger partial charge in [0.15, 0.2) is 0 Å². The van der Waals surface area contributed by atoms with Crippen molar-refractivity contribution >= 4 is 23.2 Å². The first-order valence-electron chi connectivity index (χ1n) is 5.33. The van der Waals surface area contributed by atoms with Crippen molar-refractivity contribution in [2.45, 2.75) is 25.4 Å². The third-order valence-electron chi connectivity index (χ3n) is 2.31. The van der Waals surface area contributed by atoms with Gasteiger partial charge in [-0.3, -0.25) is 0 Å². The van der Waals surface area contributed by atoms with Crippen LogP contribution in [0.3, 0.4) is 0 Å². The maximum Gasteiger partial charge on any atom is 0.326 e. The number of aliphatic carboxylic acids is 1. The molecular formula is C12H16N2O2S. The van der Waals surface area contributed by atoms with Crippen molar-refractivity contribution in [2.75, 3.05) is 0 Å². The van der Waals surface area contributed by atoms with Gasteiger partial charge in [-0.15, -0.1) is 0 Å². The second kappa shape index (κ2) is 6.32. The summed E-state index contributed by atoms with van der Waals surface area (Å²) in [5.74, 6) is -0.933. The number of benzene rings is 1. The third kappa shape index (κ3) is 4.50. The van der Waals surface area contributed by atoms with E-state index in [1.807, 2.05) is 30.3 Å². The Bertz CT molecular complexity index is 393. The molecule has 0 aliphatic rings. The Kier molecular flexibility index (Phi) is 5.06. The minimum absolute atomic E-state index is 0.345. The third-order valence-corrected chi connectivity index (χ3v) is 2.80. The molecule has 0 bridgehead atoms. The van der Waals surface area contributed by atoms with Crippen LogP contribution >= 0.6 is 12.2 Å². The summed E-state index contributed by atoms with van der Waals surface area (Å²) in [7, 11) is 0. The minimum Gasteiger partial charge on any atom is -0.480 e. The highest BCUT2D eigenvalue weighted by Gasteiger charge is 2.19. The first kappa shape index (κ1) is 13.6. The van der Waals surface area contributed by atoms with E-state index in [9.17, 15) is 4.79 Å². The largest absolute Gasteiger partial charge is 0.480 e. The number of hydrogen-bond acceptors (Lipinski definition) is 3. The molecule has 0 saturated heterocycles. The molecule has 1 aromatic carbocycles. The first-order valence-corrected chi connectivity index (χ1v) is 5.74. The molecule has 5 heteroatoms. The molecule has 0 fully saturated rings. The van der Waals surface area contributed by atoms with Crippen molar-refractivity contribution in [3.8, 4) is 0 Å². The minimum atomic E-state index is -0.933. The predicted octanol–water partition coefficient (Wildman–Crippen LogP) is 0.946. The molecule has 0 heterocycles. The quantitative estimate of drug-likeness (QED) is 0.680. The Morgan fingerprint density at radius 2 is 2.06 bits per heavy atom. The van der Waals surface area contributed by atoms with Gasteiger partial charge in [-0.05, 0) is 12.5 Å². The number of nitrogens with two attached hydrogens (primary N) is 1. The lowest BCUT2D eigenvalue weighted by Crippen LogP contribution is -2.47. The topological polar surface area (TPSA) is 75.3 Å². The number of rotatable bonds is 5. The molecule has 1 rings (SSSR count). The van der Waals surface area contributed by atoms with E-state index in [4.69, 9.17) is 23.1 Å². The lowest BCUT2D eigenvalue weighted by molar-refractivity contribution is -0.139. The van der Waals surface area contributed by atoms with Gasteiger partial charge in [0.2, 0.25) is 0 Å². The molecule has 17 heavy (non-hydrogen) atoms. The molecule has 0 aromatic heterocycles. The second-order valence-electron chi connectivity index (χ2n) is 3.88. The number of carboxylic acids is 1. The summed E-state index contributed by atoms with van der Waals surface area (Å²) in [4.78, 5) is 11.5. The Morgan fingerprint density at radius 3 is 2.53 bits per heavy atom. The van der Waals surface area contributed by atoms with Crippen LogP contribution in [0.4, 0.5) is 0 Å². The Labute approximate surface area is 106 Å². The summed E-state index contributed by atoms with van der Waals surface area (Å²) in [6, 6.07) is 8.31. The van der Waals surface area contributed by atoms with E-state index in [0.29, 0.717) is 11.4 Å². The van der Waals surface area contributed by atoms with Gasteiger partial charge in [-0.1, -0.05) is 42.5 Å². The molecule has 0 unspecified atom stereocenters. The molecule has 0 amide bonds. The van der Waals surface area contributed by atoms with Gasteiger partial charge in [0.1, 0.15) is 6.04 Å². The van der Waals surface area contributed by atoms with Crippen LogP contribution in [0.15, 0.2) is 30.3 Å². The number of carbonyl (C=O) groups is 1.